The van der Waals surface area contributed by atoms with E-state index in [4.69, 9.17) is 14.6 Å². The molecule has 0 saturated carbocycles. The predicted octanol–water partition coefficient (Wildman–Crippen LogP) is 2.82. The molecule has 0 spiro atoms. The number of methoxy groups -OCH3 is 1. The summed E-state index contributed by atoms with van der Waals surface area (Å²) >= 11 is 0. The van der Waals surface area contributed by atoms with Crippen molar-refractivity contribution in [2.75, 3.05) is 26.8 Å². The minimum Gasteiger partial charge on any atom is -0.497 e. The van der Waals surface area contributed by atoms with Gasteiger partial charge in [-0.3, -0.25) is 9.59 Å². The number of benzene rings is 2. The van der Waals surface area contributed by atoms with Gasteiger partial charge >= 0.3 is 5.97 Å². The highest BCUT2D eigenvalue weighted by molar-refractivity contribution is 5.95. The van der Waals surface area contributed by atoms with Gasteiger partial charge in [-0.1, -0.05) is 18.2 Å². The molecule has 3 rings (SSSR count). The quantitative estimate of drug-likeness (QED) is 0.872. The maximum Gasteiger partial charge on any atom is 0.306 e. The summed E-state index contributed by atoms with van der Waals surface area (Å²) in [6.07, 6.45) is -0.773. The van der Waals surface area contributed by atoms with Crippen LogP contribution in [0.4, 0.5) is 4.39 Å². The Kier molecular flexibility index (Phi) is 5.71. The maximum atomic E-state index is 14.6. The van der Waals surface area contributed by atoms with Crippen LogP contribution in [0.3, 0.4) is 0 Å². The van der Waals surface area contributed by atoms with Gasteiger partial charge in [0.05, 0.1) is 31.8 Å². The van der Waals surface area contributed by atoms with E-state index in [1.807, 2.05) is 12.1 Å². The summed E-state index contributed by atoms with van der Waals surface area (Å²) in [4.78, 5) is 24.9. The van der Waals surface area contributed by atoms with E-state index in [1.54, 1.807) is 25.3 Å². The number of carboxylic acid groups (broad SMARTS) is 1. The van der Waals surface area contributed by atoms with Crippen molar-refractivity contribution in [1.29, 1.82) is 0 Å². The van der Waals surface area contributed by atoms with Crippen molar-refractivity contribution in [3.8, 4) is 16.9 Å². The lowest BCUT2D eigenvalue weighted by Gasteiger charge is -2.32. The Morgan fingerprint density at radius 2 is 1.93 bits per heavy atom. The first-order valence-electron chi connectivity index (χ1n) is 8.54. The van der Waals surface area contributed by atoms with Crippen LogP contribution < -0.4 is 4.74 Å². The van der Waals surface area contributed by atoms with Crippen molar-refractivity contribution < 1.29 is 28.6 Å². The summed E-state index contributed by atoms with van der Waals surface area (Å²) in [6, 6.07) is 11.7. The number of hydrogen-bond donors (Lipinski definition) is 1. The molecule has 1 heterocycles. The summed E-state index contributed by atoms with van der Waals surface area (Å²) in [6.45, 7) is 0.661. The van der Waals surface area contributed by atoms with Crippen LogP contribution in [-0.2, 0) is 9.53 Å². The standard InChI is InChI=1S/C20H20FNO5/c1-26-15-5-2-13(3-6-15)14-4-7-17(18(21)10-14)20(25)22-8-9-27-16(12-22)11-19(23)24/h2-7,10,16H,8-9,11-12H2,1H3,(H,23,24). The molecule has 1 N–H and O–H groups in total. The van der Waals surface area contributed by atoms with Crippen LogP contribution in [0, 0.1) is 5.82 Å². The van der Waals surface area contributed by atoms with E-state index >= 15 is 0 Å². The summed E-state index contributed by atoms with van der Waals surface area (Å²) in [5.41, 5.74) is 1.42. The fourth-order valence-electron chi connectivity index (χ4n) is 3.04. The molecular weight excluding hydrogens is 353 g/mol. The molecule has 7 heteroatoms. The number of nitrogens with zero attached hydrogens (tertiary/aromatic N) is 1. The lowest BCUT2D eigenvalue weighted by molar-refractivity contribution is -0.141. The molecule has 1 unspecified atom stereocenters. The van der Waals surface area contributed by atoms with Crippen LogP contribution in [0.5, 0.6) is 5.75 Å². The van der Waals surface area contributed by atoms with Crippen molar-refractivity contribution in [2.24, 2.45) is 0 Å². The SMILES string of the molecule is COc1ccc(-c2ccc(C(=O)N3CCOC(CC(=O)O)C3)c(F)c2)cc1. The predicted molar refractivity (Wildman–Crippen MR) is 96.3 cm³/mol. The van der Waals surface area contributed by atoms with Crippen molar-refractivity contribution >= 4 is 11.9 Å². The number of ether oxygens (including phenoxy) is 2. The Labute approximate surface area is 156 Å². The van der Waals surface area contributed by atoms with E-state index in [0.29, 0.717) is 17.9 Å². The molecule has 1 saturated heterocycles. The number of amides is 1. The molecular formula is C20H20FNO5. The largest absolute Gasteiger partial charge is 0.497 e. The molecule has 6 nitrogen and oxygen atoms in total. The average Bonchev–Trinajstić information content (AvgIpc) is 2.67. The van der Waals surface area contributed by atoms with Gasteiger partial charge in [0.15, 0.2) is 0 Å². The summed E-state index contributed by atoms with van der Waals surface area (Å²) in [7, 11) is 1.57. The third-order valence-electron chi connectivity index (χ3n) is 4.45. The number of hydrogen-bond acceptors (Lipinski definition) is 4. The molecule has 1 atom stereocenters. The van der Waals surface area contributed by atoms with Gasteiger partial charge in [-0.05, 0) is 35.4 Å². The zero-order valence-corrected chi connectivity index (χ0v) is 14.9. The second-order valence-corrected chi connectivity index (χ2v) is 6.26. The highest BCUT2D eigenvalue weighted by Crippen LogP contribution is 2.25. The van der Waals surface area contributed by atoms with Gasteiger partial charge in [-0.25, -0.2) is 4.39 Å². The Morgan fingerprint density at radius 1 is 1.22 bits per heavy atom. The Balaban J connectivity index is 1.76. The second kappa shape index (κ2) is 8.18. The molecule has 1 amide bonds. The number of morpholine rings is 1. The number of rotatable bonds is 5. The van der Waals surface area contributed by atoms with Crippen molar-refractivity contribution in [1.82, 2.24) is 4.90 Å². The molecule has 142 valence electrons. The summed E-state index contributed by atoms with van der Waals surface area (Å²) in [5.74, 6) is -1.37. The number of carbonyl (C=O) groups excluding carboxylic acids is 1. The van der Waals surface area contributed by atoms with Crippen molar-refractivity contribution in [2.45, 2.75) is 12.5 Å². The zero-order chi connectivity index (χ0) is 19.4. The number of carboxylic acids is 1. The van der Waals surface area contributed by atoms with Crippen LogP contribution in [0.25, 0.3) is 11.1 Å². The van der Waals surface area contributed by atoms with Gasteiger partial charge in [0, 0.05) is 13.1 Å². The zero-order valence-electron chi connectivity index (χ0n) is 14.9. The summed E-state index contributed by atoms with van der Waals surface area (Å²) < 4.78 is 25.1. The first-order chi connectivity index (χ1) is 13.0. The van der Waals surface area contributed by atoms with E-state index in [1.165, 1.54) is 17.0 Å². The Bertz CT molecular complexity index is 837. The van der Waals surface area contributed by atoms with Crippen molar-refractivity contribution in [3.63, 3.8) is 0 Å². The lowest BCUT2D eigenvalue weighted by Crippen LogP contribution is -2.46. The number of carbonyl (C=O) groups is 2. The van der Waals surface area contributed by atoms with E-state index in [-0.39, 0.29) is 25.1 Å². The Hall–Kier alpha value is -2.93. The van der Waals surface area contributed by atoms with Gasteiger partial charge in [-0.15, -0.1) is 0 Å². The molecule has 0 radical (unpaired) electrons. The monoisotopic (exact) mass is 373 g/mol. The smallest absolute Gasteiger partial charge is 0.306 e. The molecule has 1 aliphatic heterocycles. The average molecular weight is 373 g/mol. The maximum absolute atomic E-state index is 14.6. The van der Waals surface area contributed by atoms with Crippen LogP contribution in [0.15, 0.2) is 42.5 Å². The minimum absolute atomic E-state index is 0.0387. The Morgan fingerprint density at radius 3 is 2.56 bits per heavy atom. The van der Waals surface area contributed by atoms with E-state index < -0.39 is 23.8 Å². The first kappa shape index (κ1) is 18.8. The van der Waals surface area contributed by atoms with Gasteiger partial charge in [0.2, 0.25) is 0 Å². The molecule has 0 bridgehead atoms. The highest BCUT2D eigenvalue weighted by Gasteiger charge is 2.28. The van der Waals surface area contributed by atoms with E-state index in [9.17, 15) is 14.0 Å². The minimum atomic E-state index is -0.996. The molecule has 1 fully saturated rings. The normalized spacial score (nSPS) is 16.8. The molecule has 2 aromatic rings. The fourth-order valence-corrected chi connectivity index (χ4v) is 3.04. The highest BCUT2D eigenvalue weighted by atomic mass is 19.1. The van der Waals surface area contributed by atoms with Gasteiger partial charge in [0.1, 0.15) is 11.6 Å². The van der Waals surface area contributed by atoms with E-state index in [0.717, 1.165) is 5.56 Å². The molecule has 27 heavy (non-hydrogen) atoms. The van der Waals surface area contributed by atoms with Crippen LogP contribution >= 0.6 is 0 Å². The van der Waals surface area contributed by atoms with Gasteiger partial charge in [-0.2, -0.15) is 0 Å². The first-order valence-corrected chi connectivity index (χ1v) is 8.54. The van der Waals surface area contributed by atoms with Crippen LogP contribution in [0.1, 0.15) is 16.8 Å². The molecule has 0 aliphatic carbocycles. The van der Waals surface area contributed by atoms with Crippen LogP contribution in [0.2, 0.25) is 0 Å². The van der Waals surface area contributed by atoms with E-state index in [2.05, 4.69) is 0 Å². The second-order valence-electron chi connectivity index (χ2n) is 6.26. The molecule has 1 aliphatic rings. The molecule has 2 aromatic carbocycles. The fraction of sp³-hybridized carbons (Fsp3) is 0.300. The van der Waals surface area contributed by atoms with Crippen LogP contribution in [-0.4, -0.2) is 54.8 Å². The number of aliphatic carboxylic acids is 1. The lowest BCUT2D eigenvalue weighted by atomic mass is 10.0. The van der Waals surface area contributed by atoms with Crippen molar-refractivity contribution in [3.05, 3.63) is 53.8 Å². The number of halogens is 1. The summed E-state index contributed by atoms with van der Waals surface area (Å²) in [5, 5.41) is 8.87. The third-order valence-corrected chi connectivity index (χ3v) is 4.45. The van der Waals surface area contributed by atoms with Gasteiger partial charge in [0.25, 0.3) is 5.91 Å². The molecule has 0 aromatic heterocycles. The third kappa shape index (κ3) is 4.43. The topological polar surface area (TPSA) is 76.1 Å². The van der Waals surface area contributed by atoms with Gasteiger partial charge < -0.3 is 19.5 Å².